The van der Waals surface area contributed by atoms with Gasteiger partial charge in [-0.3, -0.25) is 14.9 Å². The molecule has 1 aromatic rings. The van der Waals surface area contributed by atoms with Gasteiger partial charge in [0.1, 0.15) is 0 Å². The lowest BCUT2D eigenvalue weighted by Crippen LogP contribution is -2.46. The predicted molar refractivity (Wildman–Crippen MR) is 79.5 cm³/mol. The molecule has 0 amide bonds. The SMILES string of the molecule is Cc1cc(NC2CCCCC2(C)C(=O)O)cc([N+](=O)[O-])c1. The van der Waals surface area contributed by atoms with Crippen molar-refractivity contribution in [3.63, 3.8) is 0 Å². The molecule has 6 heteroatoms. The zero-order chi connectivity index (χ0) is 15.6. The van der Waals surface area contributed by atoms with Crippen LogP contribution in [0.4, 0.5) is 11.4 Å². The van der Waals surface area contributed by atoms with Gasteiger partial charge in [-0.15, -0.1) is 0 Å². The zero-order valence-electron chi connectivity index (χ0n) is 12.3. The number of aryl methyl sites for hydroxylation is 1. The Morgan fingerprint density at radius 3 is 2.76 bits per heavy atom. The van der Waals surface area contributed by atoms with Gasteiger partial charge in [-0.25, -0.2) is 0 Å². The van der Waals surface area contributed by atoms with E-state index in [1.807, 2.05) is 6.07 Å². The summed E-state index contributed by atoms with van der Waals surface area (Å²) in [7, 11) is 0. The number of nitro benzene ring substituents is 1. The first kappa shape index (κ1) is 15.3. The fraction of sp³-hybridized carbons (Fsp3) is 0.533. The summed E-state index contributed by atoms with van der Waals surface area (Å²) < 4.78 is 0. The minimum Gasteiger partial charge on any atom is -0.481 e. The van der Waals surface area contributed by atoms with Crippen LogP contribution in [0.15, 0.2) is 18.2 Å². The fourth-order valence-electron chi connectivity index (χ4n) is 2.97. The number of benzene rings is 1. The van der Waals surface area contributed by atoms with Crippen LogP contribution >= 0.6 is 0 Å². The molecule has 2 atom stereocenters. The fourth-order valence-corrected chi connectivity index (χ4v) is 2.97. The van der Waals surface area contributed by atoms with Gasteiger partial charge in [-0.1, -0.05) is 12.8 Å². The maximum absolute atomic E-state index is 11.6. The van der Waals surface area contributed by atoms with Crippen LogP contribution in [-0.2, 0) is 4.79 Å². The maximum atomic E-state index is 11.6. The Bertz CT molecular complexity index is 573. The van der Waals surface area contributed by atoms with E-state index >= 15 is 0 Å². The smallest absolute Gasteiger partial charge is 0.311 e. The van der Waals surface area contributed by atoms with Gasteiger partial charge in [0.25, 0.3) is 5.69 Å². The van der Waals surface area contributed by atoms with E-state index in [9.17, 15) is 20.0 Å². The third kappa shape index (κ3) is 3.15. The predicted octanol–water partition coefficient (Wildman–Crippen LogP) is 3.35. The summed E-state index contributed by atoms with van der Waals surface area (Å²) in [5.41, 5.74) is 0.572. The number of nitro groups is 1. The van der Waals surface area contributed by atoms with Crippen molar-refractivity contribution in [2.24, 2.45) is 5.41 Å². The molecule has 21 heavy (non-hydrogen) atoms. The number of nitrogens with zero attached hydrogens (tertiary/aromatic N) is 1. The van der Waals surface area contributed by atoms with Crippen LogP contribution in [-0.4, -0.2) is 22.0 Å². The molecule has 2 unspecified atom stereocenters. The van der Waals surface area contributed by atoms with Crippen LogP contribution < -0.4 is 5.32 Å². The molecule has 2 rings (SSSR count). The van der Waals surface area contributed by atoms with E-state index in [1.165, 1.54) is 12.1 Å². The Morgan fingerprint density at radius 2 is 2.14 bits per heavy atom. The Kier molecular flexibility index (Phi) is 4.16. The van der Waals surface area contributed by atoms with Gasteiger partial charge < -0.3 is 10.4 Å². The van der Waals surface area contributed by atoms with E-state index in [0.717, 1.165) is 24.8 Å². The molecule has 0 heterocycles. The summed E-state index contributed by atoms with van der Waals surface area (Å²) >= 11 is 0. The Labute approximate surface area is 123 Å². The molecule has 2 N–H and O–H groups in total. The summed E-state index contributed by atoms with van der Waals surface area (Å²) in [6.45, 7) is 3.53. The van der Waals surface area contributed by atoms with Crippen molar-refractivity contribution in [2.45, 2.75) is 45.6 Å². The molecule has 1 fully saturated rings. The molecule has 114 valence electrons. The number of carboxylic acid groups (broad SMARTS) is 1. The molecule has 1 aliphatic carbocycles. The van der Waals surface area contributed by atoms with Crippen LogP contribution in [0, 0.1) is 22.5 Å². The highest BCUT2D eigenvalue weighted by molar-refractivity contribution is 5.76. The number of carbonyl (C=O) groups is 1. The van der Waals surface area contributed by atoms with E-state index < -0.39 is 16.3 Å². The average Bonchev–Trinajstić information content (AvgIpc) is 2.40. The number of rotatable bonds is 4. The lowest BCUT2D eigenvalue weighted by Gasteiger charge is -2.38. The van der Waals surface area contributed by atoms with Crippen molar-refractivity contribution >= 4 is 17.3 Å². The normalized spacial score (nSPS) is 25.3. The highest BCUT2D eigenvalue weighted by atomic mass is 16.6. The van der Waals surface area contributed by atoms with Crippen molar-refractivity contribution in [1.82, 2.24) is 0 Å². The molecule has 1 aromatic carbocycles. The zero-order valence-corrected chi connectivity index (χ0v) is 12.3. The standard InChI is InChI=1S/C15H20N2O4/c1-10-7-11(9-12(8-10)17(20)21)16-13-5-3-4-6-15(13,2)14(18)19/h7-9,13,16H,3-6H2,1-2H3,(H,18,19). The van der Waals surface area contributed by atoms with Crippen LogP contribution in [0.5, 0.6) is 0 Å². The highest BCUT2D eigenvalue weighted by Gasteiger charge is 2.43. The van der Waals surface area contributed by atoms with Crippen molar-refractivity contribution in [1.29, 1.82) is 0 Å². The monoisotopic (exact) mass is 292 g/mol. The lowest BCUT2D eigenvalue weighted by atomic mass is 9.71. The van der Waals surface area contributed by atoms with Crippen LogP contribution in [0.25, 0.3) is 0 Å². The lowest BCUT2D eigenvalue weighted by molar-refractivity contribution is -0.384. The molecule has 0 aliphatic heterocycles. The highest BCUT2D eigenvalue weighted by Crippen LogP contribution is 2.38. The van der Waals surface area contributed by atoms with Crippen LogP contribution in [0.3, 0.4) is 0 Å². The summed E-state index contributed by atoms with van der Waals surface area (Å²) in [5.74, 6) is -0.818. The molecule has 0 saturated heterocycles. The number of carboxylic acids is 1. The van der Waals surface area contributed by atoms with E-state index in [2.05, 4.69) is 5.32 Å². The first-order valence-electron chi connectivity index (χ1n) is 7.09. The van der Waals surface area contributed by atoms with Crippen LogP contribution in [0.1, 0.15) is 38.2 Å². The first-order chi connectivity index (χ1) is 9.83. The van der Waals surface area contributed by atoms with Crippen molar-refractivity contribution < 1.29 is 14.8 Å². The Hall–Kier alpha value is -2.11. The average molecular weight is 292 g/mol. The molecule has 6 nitrogen and oxygen atoms in total. The van der Waals surface area contributed by atoms with Gasteiger partial charge in [0.2, 0.25) is 0 Å². The first-order valence-corrected chi connectivity index (χ1v) is 7.09. The second kappa shape index (κ2) is 5.71. The summed E-state index contributed by atoms with van der Waals surface area (Å²) in [5, 5.41) is 23.6. The molecular weight excluding hydrogens is 272 g/mol. The van der Waals surface area contributed by atoms with Crippen LogP contribution in [0.2, 0.25) is 0 Å². The molecule has 0 radical (unpaired) electrons. The minimum atomic E-state index is -0.837. The second-order valence-electron chi connectivity index (χ2n) is 5.98. The summed E-state index contributed by atoms with van der Waals surface area (Å²) in [6, 6.07) is 4.56. The number of aliphatic carboxylic acids is 1. The van der Waals surface area contributed by atoms with E-state index in [4.69, 9.17) is 0 Å². The number of non-ortho nitro benzene ring substituents is 1. The number of hydrogen-bond acceptors (Lipinski definition) is 4. The molecular formula is C15H20N2O4. The van der Waals surface area contributed by atoms with Gasteiger partial charge in [-0.05, 0) is 38.3 Å². The molecule has 0 bridgehead atoms. The Balaban J connectivity index is 2.27. The maximum Gasteiger partial charge on any atom is 0.311 e. The van der Waals surface area contributed by atoms with Crippen molar-refractivity contribution in [2.75, 3.05) is 5.32 Å². The molecule has 1 saturated carbocycles. The van der Waals surface area contributed by atoms with Crippen molar-refractivity contribution in [3.05, 3.63) is 33.9 Å². The molecule has 0 aromatic heterocycles. The number of nitrogens with one attached hydrogen (secondary N) is 1. The third-order valence-corrected chi connectivity index (χ3v) is 4.31. The van der Waals surface area contributed by atoms with Gasteiger partial charge in [0, 0.05) is 23.9 Å². The quantitative estimate of drug-likeness (QED) is 0.655. The summed E-state index contributed by atoms with van der Waals surface area (Å²) in [6.07, 6.45) is 3.24. The van der Waals surface area contributed by atoms with Crippen molar-refractivity contribution in [3.8, 4) is 0 Å². The van der Waals surface area contributed by atoms with Gasteiger partial charge in [-0.2, -0.15) is 0 Å². The largest absolute Gasteiger partial charge is 0.481 e. The van der Waals surface area contributed by atoms with E-state index in [-0.39, 0.29) is 11.7 Å². The van der Waals surface area contributed by atoms with Gasteiger partial charge >= 0.3 is 5.97 Å². The minimum absolute atomic E-state index is 0.0188. The molecule has 0 spiro atoms. The Morgan fingerprint density at radius 1 is 1.43 bits per heavy atom. The van der Waals surface area contributed by atoms with Gasteiger partial charge in [0.05, 0.1) is 10.3 Å². The third-order valence-electron chi connectivity index (χ3n) is 4.31. The topological polar surface area (TPSA) is 92.5 Å². The number of hydrogen-bond donors (Lipinski definition) is 2. The van der Waals surface area contributed by atoms with E-state index in [0.29, 0.717) is 12.1 Å². The number of anilines is 1. The van der Waals surface area contributed by atoms with E-state index in [1.54, 1.807) is 13.8 Å². The molecule has 1 aliphatic rings. The summed E-state index contributed by atoms with van der Waals surface area (Å²) in [4.78, 5) is 22.1. The second-order valence-corrected chi connectivity index (χ2v) is 5.98. The van der Waals surface area contributed by atoms with Gasteiger partial charge in [0.15, 0.2) is 0 Å².